The maximum atomic E-state index is 12.7. The van der Waals surface area contributed by atoms with Gasteiger partial charge in [-0.25, -0.2) is 4.79 Å². The lowest BCUT2D eigenvalue weighted by atomic mass is 10.0. The van der Waals surface area contributed by atoms with Crippen molar-refractivity contribution in [3.63, 3.8) is 0 Å². The molecule has 1 aromatic heterocycles. The van der Waals surface area contributed by atoms with Gasteiger partial charge in [-0.1, -0.05) is 13.8 Å². The molecule has 0 aliphatic heterocycles. The number of carbonyl (C=O) groups is 2. The number of nitrogens with one attached hydrogen (secondary N) is 3. The van der Waals surface area contributed by atoms with E-state index < -0.39 is 41.0 Å². The summed E-state index contributed by atoms with van der Waals surface area (Å²) in [6.07, 6.45) is -5.01. The fourth-order valence-electron chi connectivity index (χ4n) is 1.79. The van der Waals surface area contributed by atoms with Gasteiger partial charge in [-0.05, 0) is 18.9 Å². The molecule has 0 saturated carbocycles. The van der Waals surface area contributed by atoms with Crippen LogP contribution in [0.15, 0.2) is 17.1 Å². The van der Waals surface area contributed by atoms with Gasteiger partial charge in [0.25, 0.3) is 5.56 Å². The lowest BCUT2D eigenvalue weighted by Gasteiger charge is -2.21. The summed E-state index contributed by atoms with van der Waals surface area (Å²) < 4.78 is 42.7. The topological polar surface area (TPSA) is 100 Å². The first-order valence-electron chi connectivity index (χ1n) is 7.10. The smallest absolute Gasteiger partial charge is 0.417 e. The van der Waals surface area contributed by atoms with Crippen molar-refractivity contribution in [1.29, 1.82) is 0 Å². The van der Waals surface area contributed by atoms with Crippen LogP contribution in [0.2, 0.25) is 0 Å². The van der Waals surface area contributed by atoms with Crippen molar-refractivity contribution >= 4 is 17.7 Å². The Labute approximate surface area is 135 Å². The first-order valence-corrected chi connectivity index (χ1v) is 7.10. The van der Waals surface area contributed by atoms with Crippen molar-refractivity contribution in [1.82, 2.24) is 10.3 Å². The van der Waals surface area contributed by atoms with Crippen LogP contribution in [0, 0.1) is 5.92 Å². The average molecular weight is 349 g/mol. The molecular formula is C14H18F3N3O4. The van der Waals surface area contributed by atoms with Crippen LogP contribution in [0.25, 0.3) is 0 Å². The van der Waals surface area contributed by atoms with Crippen LogP contribution < -0.4 is 16.2 Å². The Morgan fingerprint density at radius 3 is 2.46 bits per heavy atom. The second kappa shape index (κ2) is 7.84. The molecule has 0 spiro atoms. The zero-order chi connectivity index (χ0) is 18.5. The number of aromatic nitrogens is 1. The second-order valence-corrected chi connectivity index (χ2v) is 5.20. The minimum absolute atomic E-state index is 0.0889. The molecule has 0 aromatic carbocycles. The van der Waals surface area contributed by atoms with Gasteiger partial charge in [0, 0.05) is 6.20 Å². The van der Waals surface area contributed by atoms with Crippen molar-refractivity contribution in [3.8, 4) is 0 Å². The Morgan fingerprint density at radius 2 is 1.96 bits per heavy atom. The molecule has 0 unspecified atom stereocenters. The van der Waals surface area contributed by atoms with Gasteiger partial charge in [0.2, 0.25) is 5.91 Å². The van der Waals surface area contributed by atoms with E-state index in [4.69, 9.17) is 0 Å². The van der Waals surface area contributed by atoms with Gasteiger partial charge in [0.05, 0.1) is 12.2 Å². The van der Waals surface area contributed by atoms with Crippen LogP contribution in [-0.4, -0.2) is 29.6 Å². The molecular weight excluding hydrogens is 331 g/mol. The van der Waals surface area contributed by atoms with Crippen LogP contribution in [0.4, 0.5) is 23.7 Å². The van der Waals surface area contributed by atoms with Crippen LogP contribution in [0.1, 0.15) is 26.3 Å². The molecule has 1 atom stereocenters. The van der Waals surface area contributed by atoms with Crippen molar-refractivity contribution in [2.45, 2.75) is 33.0 Å². The number of carbonyl (C=O) groups excluding carboxylic acids is 2. The number of aromatic amines is 1. The van der Waals surface area contributed by atoms with E-state index in [2.05, 4.69) is 15.4 Å². The third-order valence-electron chi connectivity index (χ3n) is 2.99. The number of pyridine rings is 1. The second-order valence-electron chi connectivity index (χ2n) is 5.20. The summed E-state index contributed by atoms with van der Waals surface area (Å²) in [7, 11) is 0. The summed E-state index contributed by atoms with van der Waals surface area (Å²) in [5, 5.41) is 4.39. The number of H-pyrrole nitrogens is 1. The molecule has 10 heteroatoms. The lowest BCUT2D eigenvalue weighted by molar-refractivity contribution is -0.137. The van der Waals surface area contributed by atoms with Gasteiger partial charge in [-0.3, -0.25) is 9.59 Å². The molecule has 3 N–H and O–H groups in total. The number of ether oxygens (including phenoxy) is 1. The quantitative estimate of drug-likeness (QED) is 0.758. The van der Waals surface area contributed by atoms with Gasteiger partial charge >= 0.3 is 12.3 Å². The van der Waals surface area contributed by atoms with Gasteiger partial charge in [-0.15, -0.1) is 0 Å². The highest BCUT2D eigenvalue weighted by Gasteiger charge is 2.32. The zero-order valence-corrected chi connectivity index (χ0v) is 13.3. The highest BCUT2D eigenvalue weighted by molar-refractivity contribution is 5.96. The molecule has 1 aromatic rings. The Kier molecular flexibility index (Phi) is 6.38. The molecule has 2 amide bonds. The first-order chi connectivity index (χ1) is 11.1. The number of rotatable bonds is 5. The summed E-state index contributed by atoms with van der Waals surface area (Å²) in [6, 6.07) is -0.559. The van der Waals surface area contributed by atoms with Gasteiger partial charge < -0.3 is 20.4 Å². The number of halogens is 3. The third-order valence-corrected chi connectivity index (χ3v) is 2.99. The predicted molar refractivity (Wildman–Crippen MR) is 79.5 cm³/mol. The number of alkyl carbamates (subject to hydrolysis) is 1. The van der Waals surface area contributed by atoms with E-state index in [0.29, 0.717) is 12.3 Å². The number of amides is 2. The fourth-order valence-corrected chi connectivity index (χ4v) is 1.79. The van der Waals surface area contributed by atoms with Crippen LogP contribution >= 0.6 is 0 Å². The number of alkyl halides is 3. The molecule has 7 nitrogen and oxygen atoms in total. The number of anilines is 1. The van der Waals surface area contributed by atoms with E-state index in [1.165, 1.54) is 0 Å². The van der Waals surface area contributed by atoms with Gasteiger partial charge in [-0.2, -0.15) is 13.2 Å². The highest BCUT2D eigenvalue weighted by atomic mass is 19.4. The Balaban J connectivity index is 2.99. The molecule has 0 aliphatic carbocycles. The summed E-state index contributed by atoms with van der Waals surface area (Å²) in [5.74, 6) is -1.22. The molecule has 0 fully saturated rings. The highest BCUT2D eigenvalue weighted by Crippen LogP contribution is 2.29. The molecule has 1 rings (SSSR count). The Morgan fingerprint density at radius 1 is 1.33 bits per heavy atom. The van der Waals surface area contributed by atoms with E-state index in [9.17, 15) is 27.6 Å². The maximum Gasteiger partial charge on any atom is 0.417 e. The monoisotopic (exact) mass is 349 g/mol. The fraction of sp³-hybridized carbons (Fsp3) is 0.500. The summed E-state index contributed by atoms with van der Waals surface area (Å²) in [6.45, 7) is 4.90. The van der Waals surface area contributed by atoms with E-state index in [-0.39, 0.29) is 12.5 Å². The molecule has 1 heterocycles. The Hall–Kier alpha value is -2.52. The third kappa shape index (κ3) is 5.28. The van der Waals surface area contributed by atoms with Crippen molar-refractivity contribution in [3.05, 3.63) is 28.2 Å². The minimum atomic E-state index is -4.68. The summed E-state index contributed by atoms with van der Waals surface area (Å²) in [4.78, 5) is 37.1. The van der Waals surface area contributed by atoms with Crippen LogP contribution in [0.3, 0.4) is 0 Å². The van der Waals surface area contributed by atoms with Crippen molar-refractivity contribution in [2.75, 3.05) is 11.9 Å². The van der Waals surface area contributed by atoms with E-state index in [1.54, 1.807) is 20.8 Å². The van der Waals surface area contributed by atoms with Crippen LogP contribution in [-0.2, 0) is 15.7 Å². The summed E-state index contributed by atoms with van der Waals surface area (Å²) in [5.41, 5.74) is -2.57. The number of hydrogen-bond acceptors (Lipinski definition) is 4. The van der Waals surface area contributed by atoms with Gasteiger partial charge in [0.15, 0.2) is 0 Å². The molecule has 0 saturated heterocycles. The molecule has 134 valence electrons. The first kappa shape index (κ1) is 19.5. The van der Waals surface area contributed by atoms with Gasteiger partial charge in [0.1, 0.15) is 11.7 Å². The minimum Gasteiger partial charge on any atom is -0.450 e. The van der Waals surface area contributed by atoms with E-state index in [1.807, 2.05) is 4.98 Å². The lowest BCUT2D eigenvalue weighted by Crippen LogP contribution is -2.47. The van der Waals surface area contributed by atoms with Crippen LogP contribution in [0.5, 0.6) is 0 Å². The van der Waals surface area contributed by atoms with E-state index in [0.717, 1.165) is 0 Å². The predicted octanol–water partition coefficient (Wildman–Crippen LogP) is 2.10. The normalized spacial score (nSPS) is 12.6. The molecule has 24 heavy (non-hydrogen) atoms. The van der Waals surface area contributed by atoms with Crippen molar-refractivity contribution in [2.24, 2.45) is 5.92 Å². The zero-order valence-electron chi connectivity index (χ0n) is 13.3. The van der Waals surface area contributed by atoms with Crippen molar-refractivity contribution < 1.29 is 27.5 Å². The Bertz CT molecular complexity index is 655. The largest absolute Gasteiger partial charge is 0.450 e. The SMILES string of the molecule is CCOC(=O)N[C@H](C(=O)Nc1cc(C(F)(F)F)c[nH]c1=O)C(C)C. The summed E-state index contributed by atoms with van der Waals surface area (Å²) >= 11 is 0. The standard InChI is InChI=1S/C14H18F3N3O4/c1-4-24-13(23)20-10(7(2)3)12(22)19-9-5-8(14(15,16)17)6-18-11(9)21/h5-7,10H,4H2,1-3H3,(H,18,21)(H,19,22)(H,20,23)/t10-/m0/s1. The average Bonchev–Trinajstić information content (AvgIpc) is 2.45. The number of hydrogen-bond donors (Lipinski definition) is 3. The molecule has 0 bridgehead atoms. The maximum absolute atomic E-state index is 12.7. The molecule has 0 aliphatic rings. The molecule has 0 radical (unpaired) electrons. The van der Waals surface area contributed by atoms with E-state index >= 15 is 0 Å².